The standard InChI is InChI=1S/C23H24N2O2S2/c1-2-14-27-22(26)20-17-11-5-6-13-19(17)29-21(20)25-23(28)24-18-12-7-9-15-8-3-4-10-16(15)18/h3-4,7-10,12H,2,5-6,11,13-14H2,1H3,(H2,24,25,28). The Kier molecular flexibility index (Phi) is 6.11. The molecule has 150 valence electrons. The quantitative estimate of drug-likeness (QED) is 0.380. The summed E-state index contributed by atoms with van der Waals surface area (Å²) in [5.41, 5.74) is 2.75. The van der Waals surface area contributed by atoms with Gasteiger partial charge in [0.2, 0.25) is 0 Å². The molecule has 0 unspecified atom stereocenters. The van der Waals surface area contributed by atoms with Crippen molar-refractivity contribution in [3.8, 4) is 0 Å². The molecule has 3 aromatic rings. The van der Waals surface area contributed by atoms with E-state index in [2.05, 4.69) is 28.8 Å². The minimum atomic E-state index is -0.248. The van der Waals surface area contributed by atoms with Gasteiger partial charge in [0.25, 0.3) is 0 Å². The third kappa shape index (κ3) is 4.28. The van der Waals surface area contributed by atoms with Crippen LogP contribution in [0.1, 0.15) is 47.0 Å². The van der Waals surface area contributed by atoms with Crippen LogP contribution in [0.4, 0.5) is 10.7 Å². The molecule has 2 N–H and O–H groups in total. The van der Waals surface area contributed by atoms with E-state index in [0.29, 0.717) is 17.3 Å². The van der Waals surface area contributed by atoms with Crippen LogP contribution in [-0.4, -0.2) is 17.7 Å². The van der Waals surface area contributed by atoms with Gasteiger partial charge in [0.15, 0.2) is 5.11 Å². The zero-order valence-corrected chi connectivity index (χ0v) is 18.1. The van der Waals surface area contributed by atoms with Crippen LogP contribution in [-0.2, 0) is 17.6 Å². The molecule has 0 spiro atoms. The molecule has 4 nitrogen and oxygen atoms in total. The van der Waals surface area contributed by atoms with Crippen LogP contribution in [0.25, 0.3) is 10.8 Å². The highest BCUT2D eigenvalue weighted by atomic mass is 32.1. The lowest BCUT2D eigenvalue weighted by molar-refractivity contribution is 0.0505. The van der Waals surface area contributed by atoms with Gasteiger partial charge >= 0.3 is 5.97 Å². The zero-order valence-electron chi connectivity index (χ0n) is 16.4. The smallest absolute Gasteiger partial charge is 0.341 e. The largest absolute Gasteiger partial charge is 0.462 e. The summed E-state index contributed by atoms with van der Waals surface area (Å²) in [6, 6.07) is 14.3. The zero-order chi connectivity index (χ0) is 20.2. The average molecular weight is 425 g/mol. The Morgan fingerprint density at radius 1 is 1.10 bits per heavy atom. The number of hydrogen-bond acceptors (Lipinski definition) is 4. The maximum absolute atomic E-state index is 12.8. The molecular weight excluding hydrogens is 400 g/mol. The lowest BCUT2D eigenvalue weighted by Crippen LogP contribution is -2.20. The van der Waals surface area contributed by atoms with Gasteiger partial charge in [-0.15, -0.1) is 11.3 Å². The fraction of sp³-hybridized carbons (Fsp3) is 0.304. The third-order valence-corrected chi connectivity index (χ3v) is 6.49. The lowest BCUT2D eigenvalue weighted by atomic mass is 9.95. The van der Waals surface area contributed by atoms with Gasteiger partial charge in [-0.05, 0) is 61.3 Å². The molecule has 29 heavy (non-hydrogen) atoms. The van der Waals surface area contributed by atoms with E-state index in [1.807, 2.05) is 31.2 Å². The molecule has 0 bridgehead atoms. The minimum absolute atomic E-state index is 0.248. The van der Waals surface area contributed by atoms with Crippen molar-refractivity contribution in [2.24, 2.45) is 0 Å². The number of thiophene rings is 1. The molecule has 0 saturated carbocycles. The molecule has 1 aromatic heterocycles. The Morgan fingerprint density at radius 2 is 1.90 bits per heavy atom. The highest BCUT2D eigenvalue weighted by Crippen LogP contribution is 2.38. The first-order chi connectivity index (χ1) is 14.2. The number of aryl methyl sites for hydroxylation is 1. The SMILES string of the molecule is CCCOC(=O)c1c(NC(=S)Nc2cccc3ccccc23)sc2c1CCCC2. The number of carbonyl (C=O) groups excluding carboxylic acids is 1. The first kappa shape index (κ1) is 19.9. The van der Waals surface area contributed by atoms with Crippen molar-refractivity contribution in [1.82, 2.24) is 0 Å². The Labute approximate surface area is 180 Å². The van der Waals surface area contributed by atoms with Gasteiger partial charge < -0.3 is 15.4 Å². The van der Waals surface area contributed by atoms with Crippen molar-refractivity contribution in [3.05, 3.63) is 58.5 Å². The highest BCUT2D eigenvalue weighted by Gasteiger charge is 2.26. The molecule has 1 aliphatic carbocycles. The molecule has 6 heteroatoms. The Hall–Kier alpha value is -2.44. The van der Waals surface area contributed by atoms with Crippen molar-refractivity contribution in [2.45, 2.75) is 39.0 Å². The summed E-state index contributed by atoms with van der Waals surface area (Å²) in [6.45, 7) is 2.43. The third-order valence-electron chi connectivity index (χ3n) is 5.08. The number of hydrogen-bond donors (Lipinski definition) is 2. The number of benzene rings is 2. The van der Waals surface area contributed by atoms with E-state index in [-0.39, 0.29) is 5.97 Å². The van der Waals surface area contributed by atoms with Crippen LogP contribution in [0.3, 0.4) is 0 Å². The van der Waals surface area contributed by atoms with Gasteiger partial charge in [-0.3, -0.25) is 0 Å². The first-order valence-electron chi connectivity index (χ1n) is 10.0. The second-order valence-corrected chi connectivity index (χ2v) is 8.67. The van der Waals surface area contributed by atoms with Gasteiger partial charge in [-0.2, -0.15) is 0 Å². The molecule has 0 fully saturated rings. The number of anilines is 2. The maximum atomic E-state index is 12.8. The van der Waals surface area contributed by atoms with Crippen LogP contribution < -0.4 is 10.6 Å². The number of fused-ring (bicyclic) bond motifs is 2. The molecule has 4 rings (SSSR count). The summed E-state index contributed by atoms with van der Waals surface area (Å²) in [7, 11) is 0. The summed E-state index contributed by atoms with van der Waals surface area (Å²) < 4.78 is 5.46. The number of esters is 1. The molecule has 0 radical (unpaired) electrons. The number of thiocarbonyl (C=S) groups is 1. The van der Waals surface area contributed by atoms with Crippen molar-refractivity contribution in [1.29, 1.82) is 0 Å². The summed E-state index contributed by atoms with van der Waals surface area (Å²) in [5, 5.41) is 10.1. The lowest BCUT2D eigenvalue weighted by Gasteiger charge is -2.14. The summed E-state index contributed by atoms with van der Waals surface area (Å²) in [4.78, 5) is 14.0. The van der Waals surface area contributed by atoms with E-state index in [9.17, 15) is 4.79 Å². The molecule has 1 aliphatic rings. The van der Waals surface area contributed by atoms with Crippen LogP contribution in [0.5, 0.6) is 0 Å². The predicted octanol–water partition coefficient (Wildman–Crippen LogP) is 6.16. The van der Waals surface area contributed by atoms with Crippen molar-refractivity contribution >= 4 is 56.1 Å². The van der Waals surface area contributed by atoms with E-state index in [0.717, 1.165) is 59.1 Å². The number of rotatable bonds is 5. The van der Waals surface area contributed by atoms with Gasteiger partial charge in [-0.1, -0.05) is 43.3 Å². The van der Waals surface area contributed by atoms with Crippen molar-refractivity contribution in [2.75, 3.05) is 17.2 Å². The molecule has 1 heterocycles. The van der Waals surface area contributed by atoms with Gasteiger partial charge in [0.1, 0.15) is 5.00 Å². The van der Waals surface area contributed by atoms with Crippen molar-refractivity contribution < 1.29 is 9.53 Å². The maximum Gasteiger partial charge on any atom is 0.341 e. The van der Waals surface area contributed by atoms with E-state index >= 15 is 0 Å². The normalized spacial score (nSPS) is 13.0. The van der Waals surface area contributed by atoms with Gasteiger partial charge in [-0.25, -0.2) is 4.79 Å². The monoisotopic (exact) mass is 424 g/mol. The Morgan fingerprint density at radius 3 is 2.76 bits per heavy atom. The number of nitrogens with one attached hydrogen (secondary N) is 2. The number of ether oxygens (including phenoxy) is 1. The predicted molar refractivity (Wildman–Crippen MR) is 125 cm³/mol. The van der Waals surface area contributed by atoms with E-state index < -0.39 is 0 Å². The average Bonchev–Trinajstić information content (AvgIpc) is 3.10. The molecule has 0 atom stereocenters. The summed E-state index contributed by atoms with van der Waals surface area (Å²) in [6.07, 6.45) is 5.01. The fourth-order valence-electron chi connectivity index (χ4n) is 3.73. The van der Waals surface area contributed by atoms with Gasteiger partial charge in [0, 0.05) is 16.0 Å². The van der Waals surface area contributed by atoms with Gasteiger partial charge in [0.05, 0.1) is 12.2 Å². The molecular formula is C23H24N2O2S2. The minimum Gasteiger partial charge on any atom is -0.462 e. The van der Waals surface area contributed by atoms with Crippen LogP contribution >= 0.6 is 23.6 Å². The molecule has 0 amide bonds. The second-order valence-electron chi connectivity index (χ2n) is 7.16. The first-order valence-corrected chi connectivity index (χ1v) is 11.3. The fourth-order valence-corrected chi connectivity index (χ4v) is 5.29. The molecule has 2 aromatic carbocycles. The summed E-state index contributed by atoms with van der Waals surface area (Å²) in [5.74, 6) is -0.248. The highest BCUT2D eigenvalue weighted by molar-refractivity contribution is 7.80. The molecule has 0 aliphatic heterocycles. The number of carbonyl (C=O) groups is 1. The Bertz CT molecular complexity index is 1050. The van der Waals surface area contributed by atoms with E-state index in [4.69, 9.17) is 17.0 Å². The topological polar surface area (TPSA) is 50.4 Å². The Balaban J connectivity index is 1.59. The van der Waals surface area contributed by atoms with E-state index in [1.54, 1.807) is 11.3 Å². The van der Waals surface area contributed by atoms with Crippen LogP contribution in [0.2, 0.25) is 0 Å². The van der Waals surface area contributed by atoms with Crippen molar-refractivity contribution in [3.63, 3.8) is 0 Å². The summed E-state index contributed by atoms with van der Waals surface area (Å²) >= 11 is 7.21. The second kappa shape index (κ2) is 8.93. The van der Waals surface area contributed by atoms with E-state index in [1.165, 1.54) is 4.88 Å². The molecule has 0 saturated heterocycles. The van der Waals surface area contributed by atoms with Crippen LogP contribution in [0, 0.1) is 0 Å². The van der Waals surface area contributed by atoms with Crippen LogP contribution in [0.15, 0.2) is 42.5 Å².